The number of carbonyl (C=O) groups excluding carboxylic acids is 1. The highest BCUT2D eigenvalue weighted by Crippen LogP contribution is 2.35. The number of thioether (sulfide) groups is 1. The van der Waals surface area contributed by atoms with Crippen molar-refractivity contribution < 1.29 is 13.9 Å². The van der Waals surface area contributed by atoms with Gasteiger partial charge in [0, 0.05) is 5.02 Å². The van der Waals surface area contributed by atoms with Gasteiger partial charge in [-0.25, -0.2) is 4.39 Å². The van der Waals surface area contributed by atoms with Crippen LogP contribution in [0, 0.1) is 5.82 Å². The third kappa shape index (κ3) is 4.64. The second kappa shape index (κ2) is 9.72. The molecule has 1 N–H and O–H groups in total. The molecule has 2 aromatic heterocycles. The van der Waals surface area contributed by atoms with Crippen molar-refractivity contribution in [2.24, 2.45) is 0 Å². The van der Waals surface area contributed by atoms with Crippen LogP contribution in [0.2, 0.25) is 5.02 Å². The van der Waals surface area contributed by atoms with Crippen LogP contribution in [0.3, 0.4) is 0 Å². The van der Waals surface area contributed by atoms with Crippen LogP contribution in [-0.2, 0) is 4.79 Å². The third-order valence-electron chi connectivity index (χ3n) is 4.54. The first-order valence-electron chi connectivity index (χ1n) is 9.53. The van der Waals surface area contributed by atoms with Gasteiger partial charge in [-0.3, -0.25) is 9.36 Å². The summed E-state index contributed by atoms with van der Waals surface area (Å²) in [4.78, 5) is 13.7. The van der Waals surface area contributed by atoms with Crippen LogP contribution in [0.4, 0.5) is 10.1 Å². The van der Waals surface area contributed by atoms with Gasteiger partial charge < -0.3 is 10.1 Å². The van der Waals surface area contributed by atoms with E-state index in [1.165, 1.54) is 35.2 Å². The number of para-hydroxylation sites is 2. The van der Waals surface area contributed by atoms with Gasteiger partial charge in [0.1, 0.15) is 11.6 Å². The number of carbonyl (C=O) groups is 1. The number of hydrogen-bond acceptors (Lipinski definition) is 6. The molecule has 1 amide bonds. The van der Waals surface area contributed by atoms with E-state index in [2.05, 4.69) is 15.5 Å². The van der Waals surface area contributed by atoms with Gasteiger partial charge in [0.25, 0.3) is 0 Å². The number of rotatable bonds is 7. The standard InChI is InChI=1S/C22H18ClFN4O2S2/c1-13(21(29)25-16-10-9-14(23)12-15(16)24)32-22-27-26-20(19-8-5-11-31-19)28(22)17-6-3-4-7-18(17)30-2/h3-13H,1-2H3,(H,25,29). The number of benzene rings is 2. The van der Waals surface area contributed by atoms with Crippen LogP contribution in [0.1, 0.15) is 6.92 Å². The number of anilines is 1. The Kier molecular flexibility index (Phi) is 6.78. The van der Waals surface area contributed by atoms with Gasteiger partial charge in [-0.15, -0.1) is 21.5 Å². The molecule has 1 unspecified atom stereocenters. The maximum atomic E-state index is 14.1. The van der Waals surface area contributed by atoms with Crippen molar-refractivity contribution in [3.8, 4) is 22.1 Å². The summed E-state index contributed by atoms with van der Waals surface area (Å²) < 4.78 is 21.5. The van der Waals surface area contributed by atoms with Gasteiger partial charge in [0.05, 0.1) is 28.6 Å². The monoisotopic (exact) mass is 488 g/mol. The zero-order valence-electron chi connectivity index (χ0n) is 17.1. The number of ether oxygens (including phenoxy) is 1. The van der Waals surface area contributed by atoms with Crippen LogP contribution >= 0.6 is 34.7 Å². The summed E-state index contributed by atoms with van der Waals surface area (Å²) >= 11 is 8.54. The lowest BCUT2D eigenvalue weighted by molar-refractivity contribution is -0.115. The number of thiophene rings is 1. The maximum absolute atomic E-state index is 14.1. The summed E-state index contributed by atoms with van der Waals surface area (Å²) in [6, 6.07) is 15.5. The Hall–Kier alpha value is -2.88. The number of nitrogens with zero attached hydrogens (tertiary/aromatic N) is 3. The number of methoxy groups -OCH3 is 1. The fourth-order valence-corrected chi connectivity index (χ4v) is 4.70. The van der Waals surface area contributed by atoms with Crippen LogP contribution in [-0.4, -0.2) is 33.0 Å². The molecular weight excluding hydrogens is 471 g/mol. The van der Waals surface area contributed by atoms with E-state index >= 15 is 0 Å². The summed E-state index contributed by atoms with van der Waals surface area (Å²) in [7, 11) is 1.59. The molecule has 0 bridgehead atoms. The number of amides is 1. The molecule has 1 atom stereocenters. The molecule has 0 saturated carbocycles. The summed E-state index contributed by atoms with van der Waals surface area (Å²) in [5.41, 5.74) is 0.819. The number of halogens is 2. The predicted octanol–water partition coefficient (Wildman–Crippen LogP) is 5.92. The average Bonchev–Trinajstić information content (AvgIpc) is 3.45. The van der Waals surface area contributed by atoms with Gasteiger partial charge in [-0.1, -0.05) is 41.6 Å². The largest absolute Gasteiger partial charge is 0.495 e. The van der Waals surface area contributed by atoms with Crippen molar-refractivity contribution in [3.63, 3.8) is 0 Å². The van der Waals surface area contributed by atoms with Gasteiger partial charge in [-0.05, 0) is 48.7 Å². The van der Waals surface area contributed by atoms with Gasteiger partial charge in [0.15, 0.2) is 11.0 Å². The average molecular weight is 489 g/mol. The molecule has 0 radical (unpaired) electrons. The molecule has 0 aliphatic heterocycles. The topological polar surface area (TPSA) is 69.0 Å². The molecule has 10 heteroatoms. The van der Waals surface area contributed by atoms with E-state index in [4.69, 9.17) is 16.3 Å². The van der Waals surface area contributed by atoms with Gasteiger partial charge in [-0.2, -0.15) is 0 Å². The van der Waals surface area contributed by atoms with E-state index in [0.29, 0.717) is 16.7 Å². The summed E-state index contributed by atoms with van der Waals surface area (Å²) in [5, 5.41) is 13.5. The lowest BCUT2D eigenvalue weighted by atomic mass is 10.3. The molecule has 0 spiro atoms. The predicted molar refractivity (Wildman–Crippen MR) is 127 cm³/mol. The first-order chi connectivity index (χ1) is 15.5. The molecule has 6 nitrogen and oxygen atoms in total. The minimum Gasteiger partial charge on any atom is -0.495 e. The number of hydrogen-bond donors (Lipinski definition) is 1. The highest BCUT2D eigenvalue weighted by atomic mass is 35.5. The SMILES string of the molecule is COc1ccccc1-n1c(SC(C)C(=O)Nc2ccc(Cl)cc2F)nnc1-c1cccs1. The van der Waals surface area contributed by atoms with E-state index in [1.54, 1.807) is 14.0 Å². The van der Waals surface area contributed by atoms with E-state index in [1.807, 2.05) is 46.3 Å². The molecule has 0 saturated heterocycles. The maximum Gasteiger partial charge on any atom is 0.237 e. The number of nitrogens with one attached hydrogen (secondary N) is 1. The summed E-state index contributed by atoms with van der Waals surface area (Å²) in [6.07, 6.45) is 0. The third-order valence-corrected chi connectivity index (χ3v) is 6.68. The molecule has 0 aliphatic carbocycles. The van der Waals surface area contributed by atoms with Crippen molar-refractivity contribution in [3.05, 3.63) is 70.8 Å². The van der Waals surface area contributed by atoms with Gasteiger partial charge in [0.2, 0.25) is 5.91 Å². The second-order valence-corrected chi connectivity index (χ2v) is 9.36. The van der Waals surface area contributed by atoms with Crippen LogP contribution in [0.5, 0.6) is 5.75 Å². The lowest BCUT2D eigenvalue weighted by Crippen LogP contribution is -2.23. The molecule has 4 rings (SSSR count). The molecule has 32 heavy (non-hydrogen) atoms. The Morgan fingerprint density at radius 2 is 2.03 bits per heavy atom. The van der Waals surface area contributed by atoms with Crippen molar-refractivity contribution in [1.29, 1.82) is 0 Å². The molecule has 4 aromatic rings. The molecule has 164 valence electrons. The van der Waals surface area contributed by atoms with Crippen LogP contribution in [0.15, 0.2) is 65.1 Å². The Balaban J connectivity index is 1.65. The van der Waals surface area contributed by atoms with Crippen LogP contribution < -0.4 is 10.1 Å². The minimum atomic E-state index is -0.597. The van der Waals surface area contributed by atoms with Crippen molar-refractivity contribution in [1.82, 2.24) is 14.8 Å². The molecule has 2 heterocycles. The molecule has 2 aromatic carbocycles. The van der Waals surface area contributed by atoms with E-state index in [-0.39, 0.29) is 16.6 Å². The van der Waals surface area contributed by atoms with Crippen LogP contribution in [0.25, 0.3) is 16.4 Å². The summed E-state index contributed by atoms with van der Waals surface area (Å²) in [6.45, 7) is 1.72. The van der Waals surface area contributed by atoms with Crippen molar-refractivity contribution in [2.75, 3.05) is 12.4 Å². The molecule has 0 aliphatic rings. The minimum absolute atomic E-state index is 0.0670. The lowest BCUT2D eigenvalue weighted by Gasteiger charge is -2.15. The highest BCUT2D eigenvalue weighted by Gasteiger charge is 2.24. The van der Waals surface area contributed by atoms with Crippen molar-refractivity contribution >= 4 is 46.3 Å². The number of aromatic nitrogens is 3. The Labute approximate surface area is 197 Å². The second-order valence-electron chi connectivity index (χ2n) is 6.66. The fraction of sp³-hybridized carbons (Fsp3) is 0.136. The Bertz CT molecular complexity index is 1250. The summed E-state index contributed by atoms with van der Waals surface area (Å²) in [5.74, 6) is 0.319. The quantitative estimate of drug-likeness (QED) is 0.327. The zero-order valence-corrected chi connectivity index (χ0v) is 19.5. The zero-order chi connectivity index (χ0) is 22.7. The smallest absolute Gasteiger partial charge is 0.237 e. The first-order valence-corrected chi connectivity index (χ1v) is 11.7. The highest BCUT2D eigenvalue weighted by molar-refractivity contribution is 8.00. The Morgan fingerprint density at radius 3 is 2.75 bits per heavy atom. The first kappa shape index (κ1) is 22.3. The molecular formula is C22H18ClFN4O2S2. The van der Waals surface area contributed by atoms with E-state index in [0.717, 1.165) is 16.6 Å². The Morgan fingerprint density at radius 1 is 1.22 bits per heavy atom. The normalized spacial score (nSPS) is 11.9. The van der Waals surface area contributed by atoms with Crippen molar-refractivity contribution in [2.45, 2.75) is 17.3 Å². The fourth-order valence-electron chi connectivity index (χ4n) is 2.98. The molecule has 0 fully saturated rings. The van der Waals surface area contributed by atoms with Gasteiger partial charge >= 0.3 is 0 Å². The van der Waals surface area contributed by atoms with E-state index in [9.17, 15) is 9.18 Å². The van der Waals surface area contributed by atoms with E-state index < -0.39 is 11.1 Å².